The summed E-state index contributed by atoms with van der Waals surface area (Å²) in [6, 6.07) is 21.3. The molecule has 3 rings (SSSR count). The Bertz CT molecular complexity index is 1380. The molecule has 0 radical (unpaired) electrons. The van der Waals surface area contributed by atoms with Gasteiger partial charge in [0.25, 0.3) is 10.0 Å². The first-order valence-corrected chi connectivity index (χ1v) is 15.5. The van der Waals surface area contributed by atoms with Crippen LogP contribution in [-0.4, -0.2) is 50.9 Å². The molecule has 0 fully saturated rings. The summed E-state index contributed by atoms with van der Waals surface area (Å²) in [7, 11) is -4.17. The van der Waals surface area contributed by atoms with E-state index in [-0.39, 0.29) is 23.0 Å². The van der Waals surface area contributed by atoms with Gasteiger partial charge in [-0.25, -0.2) is 8.42 Å². The van der Waals surface area contributed by atoms with Crippen molar-refractivity contribution in [1.29, 1.82) is 0 Å². The Hall–Kier alpha value is -3.37. The molecule has 0 aliphatic heterocycles. The number of carbonyl (C=O) groups excluding carboxylic acids is 2. The zero-order chi connectivity index (χ0) is 29.1. The van der Waals surface area contributed by atoms with Crippen LogP contribution in [-0.2, 0) is 26.2 Å². The second kappa shape index (κ2) is 14.9. The van der Waals surface area contributed by atoms with Gasteiger partial charge in [0.15, 0.2) is 0 Å². The Morgan fingerprint density at radius 1 is 0.975 bits per heavy atom. The fourth-order valence-corrected chi connectivity index (χ4v) is 6.02. The first-order valence-electron chi connectivity index (χ1n) is 13.3. The Morgan fingerprint density at radius 3 is 2.35 bits per heavy atom. The highest BCUT2D eigenvalue weighted by molar-refractivity contribution is 9.10. The molecular weight excluding hydrogens is 594 g/mol. The van der Waals surface area contributed by atoms with Crippen LogP contribution in [0.15, 0.2) is 88.2 Å². The van der Waals surface area contributed by atoms with Crippen LogP contribution < -0.4 is 14.4 Å². The van der Waals surface area contributed by atoms with Gasteiger partial charge in [-0.2, -0.15) is 0 Å². The summed E-state index contributed by atoms with van der Waals surface area (Å²) in [6.45, 7) is 5.89. The number of ether oxygens (including phenoxy) is 1. The molecule has 0 bridgehead atoms. The Kier molecular flexibility index (Phi) is 11.6. The minimum atomic E-state index is -4.17. The van der Waals surface area contributed by atoms with Crippen LogP contribution in [0.25, 0.3) is 0 Å². The van der Waals surface area contributed by atoms with Crippen molar-refractivity contribution in [2.45, 2.75) is 51.1 Å². The third kappa shape index (κ3) is 8.08. The van der Waals surface area contributed by atoms with E-state index in [2.05, 4.69) is 21.2 Å². The maximum Gasteiger partial charge on any atom is 0.264 e. The van der Waals surface area contributed by atoms with Crippen molar-refractivity contribution in [1.82, 2.24) is 10.2 Å². The summed E-state index contributed by atoms with van der Waals surface area (Å²) in [5.41, 5.74) is 1.03. The van der Waals surface area contributed by atoms with Crippen molar-refractivity contribution in [2.24, 2.45) is 0 Å². The minimum Gasteiger partial charge on any atom is -0.492 e. The zero-order valence-electron chi connectivity index (χ0n) is 23.0. The van der Waals surface area contributed by atoms with E-state index in [0.717, 1.165) is 27.2 Å². The van der Waals surface area contributed by atoms with Gasteiger partial charge in [0.05, 0.1) is 17.2 Å². The molecule has 3 aromatic rings. The molecule has 1 N–H and O–H groups in total. The number of nitrogens with one attached hydrogen (secondary N) is 1. The number of hydrogen-bond donors (Lipinski definition) is 1. The molecule has 3 aromatic carbocycles. The summed E-state index contributed by atoms with van der Waals surface area (Å²) in [4.78, 5) is 28.6. The smallest absolute Gasteiger partial charge is 0.264 e. The van der Waals surface area contributed by atoms with Crippen molar-refractivity contribution in [2.75, 3.05) is 24.0 Å². The topological polar surface area (TPSA) is 96.0 Å². The van der Waals surface area contributed by atoms with Gasteiger partial charge in [-0.15, -0.1) is 0 Å². The molecule has 214 valence electrons. The molecule has 0 aromatic heterocycles. The van der Waals surface area contributed by atoms with Crippen molar-refractivity contribution in [3.05, 3.63) is 88.9 Å². The maximum absolute atomic E-state index is 14.0. The van der Waals surface area contributed by atoms with Crippen molar-refractivity contribution >= 4 is 43.5 Å². The number of carbonyl (C=O) groups is 2. The van der Waals surface area contributed by atoms with E-state index in [1.54, 1.807) is 56.3 Å². The number of rotatable bonds is 14. The van der Waals surface area contributed by atoms with Crippen LogP contribution in [0, 0.1) is 0 Å². The third-order valence-corrected chi connectivity index (χ3v) is 8.55. The van der Waals surface area contributed by atoms with E-state index >= 15 is 0 Å². The molecule has 10 heteroatoms. The molecule has 0 spiro atoms. The van der Waals surface area contributed by atoms with Gasteiger partial charge >= 0.3 is 0 Å². The molecule has 0 aliphatic carbocycles. The largest absolute Gasteiger partial charge is 0.492 e. The molecule has 0 saturated heterocycles. The molecular formula is C30H36BrN3O5S. The monoisotopic (exact) mass is 629 g/mol. The summed E-state index contributed by atoms with van der Waals surface area (Å²) < 4.78 is 35.5. The van der Waals surface area contributed by atoms with E-state index in [1.165, 1.54) is 17.0 Å². The maximum atomic E-state index is 14.0. The highest BCUT2D eigenvalue weighted by Crippen LogP contribution is 2.33. The second-order valence-corrected chi connectivity index (χ2v) is 12.0. The average molecular weight is 631 g/mol. The summed E-state index contributed by atoms with van der Waals surface area (Å²) >= 11 is 3.46. The van der Waals surface area contributed by atoms with E-state index < -0.39 is 28.5 Å². The fourth-order valence-electron chi connectivity index (χ4n) is 4.12. The van der Waals surface area contributed by atoms with E-state index in [1.807, 2.05) is 31.2 Å². The minimum absolute atomic E-state index is 0.0398. The number of nitrogens with zero attached hydrogens (tertiary/aromatic N) is 2. The lowest BCUT2D eigenvalue weighted by Crippen LogP contribution is -2.51. The van der Waals surface area contributed by atoms with Crippen LogP contribution in [0.5, 0.6) is 5.75 Å². The van der Waals surface area contributed by atoms with Gasteiger partial charge in [0, 0.05) is 17.6 Å². The second-order valence-electron chi connectivity index (χ2n) is 9.20. The predicted octanol–water partition coefficient (Wildman–Crippen LogP) is 5.38. The first kappa shape index (κ1) is 31.2. The quantitative estimate of drug-likeness (QED) is 0.242. The van der Waals surface area contributed by atoms with Crippen LogP contribution >= 0.6 is 15.9 Å². The predicted molar refractivity (Wildman–Crippen MR) is 161 cm³/mol. The van der Waals surface area contributed by atoms with Crippen molar-refractivity contribution in [3.8, 4) is 5.75 Å². The average Bonchev–Trinajstić information content (AvgIpc) is 2.95. The number of unbranched alkanes of at least 4 members (excludes halogenated alkanes) is 1. The lowest BCUT2D eigenvalue weighted by Gasteiger charge is -2.32. The molecule has 0 aliphatic rings. The molecule has 0 saturated carbocycles. The molecule has 1 atom stereocenters. The van der Waals surface area contributed by atoms with E-state index in [9.17, 15) is 18.0 Å². The molecule has 8 nitrogen and oxygen atoms in total. The molecule has 1 unspecified atom stereocenters. The number of benzene rings is 3. The molecule has 0 heterocycles. The summed E-state index contributed by atoms with van der Waals surface area (Å²) in [5.74, 6) is -0.492. The number of anilines is 1. The van der Waals surface area contributed by atoms with Gasteiger partial charge in [-0.3, -0.25) is 13.9 Å². The van der Waals surface area contributed by atoms with Crippen molar-refractivity contribution < 1.29 is 22.7 Å². The first-order chi connectivity index (χ1) is 19.2. The van der Waals surface area contributed by atoms with Crippen LogP contribution in [0.1, 0.15) is 39.2 Å². The number of sulfonamides is 1. The number of hydrogen-bond acceptors (Lipinski definition) is 5. The Balaban J connectivity index is 2.04. The van der Waals surface area contributed by atoms with Crippen LogP contribution in [0.2, 0.25) is 0 Å². The lowest BCUT2D eigenvalue weighted by molar-refractivity contribution is -0.139. The summed E-state index contributed by atoms with van der Waals surface area (Å²) in [6.07, 6.45) is 1.73. The number of halogens is 1. The molecule has 40 heavy (non-hydrogen) atoms. The normalized spacial score (nSPS) is 11.9. The Morgan fingerprint density at radius 2 is 1.68 bits per heavy atom. The summed E-state index contributed by atoms with van der Waals surface area (Å²) in [5, 5.41) is 2.89. The van der Waals surface area contributed by atoms with Gasteiger partial charge in [-0.05, 0) is 62.2 Å². The van der Waals surface area contributed by atoms with E-state index in [4.69, 9.17) is 4.74 Å². The van der Waals surface area contributed by atoms with Crippen molar-refractivity contribution in [3.63, 3.8) is 0 Å². The van der Waals surface area contributed by atoms with Gasteiger partial charge in [0.2, 0.25) is 11.8 Å². The third-order valence-electron chi connectivity index (χ3n) is 6.28. The zero-order valence-corrected chi connectivity index (χ0v) is 25.4. The number of para-hydroxylation sites is 2. The van der Waals surface area contributed by atoms with Gasteiger partial charge in [-0.1, -0.05) is 71.7 Å². The van der Waals surface area contributed by atoms with Crippen LogP contribution in [0.3, 0.4) is 0 Å². The number of amides is 2. The lowest BCUT2D eigenvalue weighted by atomic mass is 10.1. The SMILES string of the molecule is CCCCNC(=O)C(C)N(Cc1cccc(Br)c1)C(=O)CN(c1ccccc1OCC)S(=O)(=O)c1ccccc1. The standard InChI is InChI=1S/C30H36BrN3O5S/c1-4-6-19-32-30(36)23(3)33(21-24-13-12-14-25(31)20-24)29(35)22-34(27-17-10-11-18-28(27)39-5-2)40(37,38)26-15-8-7-9-16-26/h7-18,20,23H,4-6,19,21-22H2,1-3H3,(H,32,36). The van der Waals surface area contributed by atoms with Crippen LogP contribution in [0.4, 0.5) is 5.69 Å². The highest BCUT2D eigenvalue weighted by atomic mass is 79.9. The van der Waals surface area contributed by atoms with E-state index in [0.29, 0.717) is 18.9 Å². The van der Waals surface area contributed by atoms with Gasteiger partial charge < -0.3 is 15.0 Å². The fraction of sp³-hybridized carbons (Fsp3) is 0.333. The Labute approximate surface area is 245 Å². The van der Waals surface area contributed by atoms with Gasteiger partial charge in [0.1, 0.15) is 18.3 Å². The highest BCUT2D eigenvalue weighted by Gasteiger charge is 2.33. The molecule has 2 amide bonds.